The van der Waals surface area contributed by atoms with E-state index in [4.69, 9.17) is 4.74 Å². The standard InChI is InChI=1S/C21H27FN4O3S/c22-20-5-2-1-4-18(20)17-24-8-3-9-25(11-10-24)21-7-6-19(16-23-21)30(27,28)26-12-14-29-15-13-26/h1-2,4-7,16H,3,8-15,17H2. The van der Waals surface area contributed by atoms with Crippen molar-refractivity contribution >= 4 is 15.8 Å². The molecular formula is C21H27FN4O3S. The van der Waals surface area contributed by atoms with Crippen molar-refractivity contribution in [3.63, 3.8) is 0 Å². The van der Waals surface area contributed by atoms with Gasteiger partial charge in [-0.05, 0) is 24.6 Å². The summed E-state index contributed by atoms with van der Waals surface area (Å²) in [6.07, 6.45) is 2.38. The molecule has 0 spiro atoms. The van der Waals surface area contributed by atoms with Gasteiger partial charge in [-0.25, -0.2) is 17.8 Å². The summed E-state index contributed by atoms with van der Waals surface area (Å²) in [5.41, 5.74) is 0.710. The second-order valence-electron chi connectivity index (χ2n) is 7.58. The lowest BCUT2D eigenvalue weighted by Crippen LogP contribution is -2.40. The molecule has 1 aromatic heterocycles. The highest BCUT2D eigenvalue weighted by Crippen LogP contribution is 2.21. The van der Waals surface area contributed by atoms with Crippen molar-refractivity contribution in [2.45, 2.75) is 17.9 Å². The predicted molar refractivity (Wildman–Crippen MR) is 112 cm³/mol. The van der Waals surface area contributed by atoms with Crippen LogP contribution in [0.4, 0.5) is 10.2 Å². The minimum atomic E-state index is -3.54. The average Bonchev–Trinajstić information content (AvgIpc) is 3.02. The quantitative estimate of drug-likeness (QED) is 0.717. The van der Waals surface area contributed by atoms with E-state index in [2.05, 4.69) is 14.8 Å². The van der Waals surface area contributed by atoms with Crippen LogP contribution in [0.5, 0.6) is 0 Å². The van der Waals surface area contributed by atoms with Gasteiger partial charge in [-0.3, -0.25) is 4.90 Å². The SMILES string of the molecule is O=S(=O)(c1ccc(N2CCCN(Cc3ccccc3F)CC2)nc1)N1CCOCC1. The highest BCUT2D eigenvalue weighted by atomic mass is 32.2. The van der Waals surface area contributed by atoms with Gasteiger partial charge in [0.2, 0.25) is 10.0 Å². The molecule has 162 valence electrons. The molecule has 0 saturated carbocycles. The molecule has 0 amide bonds. The van der Waals surface area contributed by atoms with Gasteiger partial charge in [-0.1, -0.05) is 18.2 Å². The minimum absolute atomic E-state index is 0.169. The molecule has 4 rings (SSSR count). The van der Waals surface area contributed by atoms with Gasteiger partial charge in [0.15, 0.2) is 0 Å². The molecule has 2 aromatic rings. The highest BCUT2D eigenvalue weighted by molar-refractivity contribution is 7.89. The second-order valence-corrected chi connectivity index (χ2v) is 9.51. The molecule has 30 heavy (non-hydrogen) atoms. The Morgan fingerprint density at radius 3 is 2.50 bits per heavy atom. The van der Waals surface area contributed by atoms with E-state index in [9.17, 15) is 12.8 Å². The molecule has 2 aliphatic rings. The molecule has 2 fully saturated rings. The van der Waals surface area contributed by atoms with E-state index >= 15 is 0 Å². The van der Waals surface area contributed by atoms with Crippen LogP contribution < -0.4 is 4.90 Å². The van der Waals surface area contributed by atoms with E-state index in [1.807, 2.05) is 12.1 Å². The van der Waals surface area contributed by atoms with Crippen molar-refractivity contribution in [2.75, 3.05) is 57.4 Å². The fraction of sp³-hybridized carbons (Fsp3) is 0.476. The number of rotatable bonds is 5. The third-order valence-corrected chi connectivity index (χ3v) is 7.48. The van der Waals surface area contributed by atoms with Crippen molar-refractivity contribution in [1.82, 2.24) is 14.2 Å². The Morgan fingerprint density at radius 1 is 0.967 bits per heavy atom. The van der Waals surface area contributed by atoms with Gasteiger partial charge in [-0.2, -0.15) is 4.31 Å². The third kappa shape index (κ3) is 4.80. The zero-order chi connectivity index (χ0) is 21.0. The number of halogens is 1. The maximum Gasteiger partial charge on any atom is 0.244 e. The Morgan fingerprint density at radius 2 is 1.77 bits per heavy atom. The fourth-order valence-electron chi connectivity index (χ4n) is 3.87. The summed E-state index contributed by atoms with van der Waals surface area (Å²) in [5, 5.41) is 0. The zero-order valence-electron chi connectivity index (χ0n) is 16.9. The molecule has 1 aromatic carbocycles. The summed E-state index contributed by atoms with van der Waals surface area (Å²) in [5.74, 6) is 0.598. The van der Waals surface area contributed by atoms with Gasteiger partial charge < -0.3 is 9.64 Å². The first-order valence-corrected chi connectivity index (χ1v) is 11.7. The molecular weight excluding hydrogens is 407 g/mol. The summed E-state index contributed by atoms with van der Waals surface area (Å²) in [4.78, 5) is 9.06. The number of ether oxygens (including phenoxy) is 1. The van der Waals surface area contributed by atoms with E-state index in [-0.39, 0.29) is 10.7 Å². The van der Waals surface area contributed by atoms with Gasteiger partial charge >= 0.3 is 0 Å². The Labute approximate surface area is 177 Å². The summed E-state index contributed by atoms with van der Waals surface area (Å²) < 4.78 is 46.1. The number of nitrogens with zero attached hydrogens (tertiary/aromatic N) is 4. The van der Waals surface area contributed by atoms with Crippen molar-refractivity contribution in [1.29, 1.82) is 0 Å². The molecule has 0 N–H and O–H groups in total. The van der Waals surface area contributed by atoms with Crippen LogP contribution in [-0.4, -0.2) is 75.1 Å². The van der Waals surface area contributed by atoms with E-state index in [1.165, 1.54) is 16.6 Å². The number of benzene rings is 1. The molecule has 0 atom stereocenters. The van der Waals surface area contributed by atoms with Crippen LogP contribution in [0.25, 0.3) is 0 Å². The molecule has 0 unspecified atom stereocenters. The summed E-state index contributed by atoms with van der Waals surface area (Å²) in [6, 6.07) is 10.3. The van der Waals surface area contributed by atoms with Gasteiger partial charge in [0.25, 0.3) is 0 Å². The van der Waals surface area contributed by atoms with Gasteiger partial charge in [0.05, 0.1) is 13.2 Å². The molecule has 2 saturated heterocycles. The number of sulfonamides is 1. The number of hydrogen-bond acceptors (Lipinski definition) is 6. The molecule has 0 bridgehead atoms. The van der Waals surface area contributed by atoms with Gasteiger partial charge in [-0.15, -0.1) is 0 Å². The van der Waals surface area contributed by atoms with Gasteiger partial charge in [0.1, 0.15) is 16.5 Å². The van der Waals surface area contributed by atoms with Gasteiger partial charge in [0, 0.05) is 57.6 Å². The molecule has 2 aliphatic heterocycles. The third-order valence-electron chi connectivity index (χ3n) is 5.59. The van der Waals surface area contributed by atoms with E-state index in [1.54, 1.807) is 18.2 Å². The van der Waals surface area contributed by atoms with Crippen LogP contribution in [0.1, 0.15) is 12.0 Å². The highest BCUT2D eigenvalue weighted by Gasteiger charge is 2.27. The van der Waals surface area contributed by atoms with Crippen LogP contribution >= 0.6 is 0 Å². The monoisotopic (exact) mass is 434 g/mol. The smallest absolute Gasteiger partial charge is 0.244 e. The van der Waals surface area contributed by atoms with Crippen LogP contribution in [0.3, 0.4) is 0 Å². The summed E-state index contributed by atoms with van der Waals surface area (Å²) >= 11 is 0. The van der Waals surface area contributed by atoms with Crippen LogP contribution in [0, 0.1) is 5.82 Å². The first-order chi connectivity index (χ1) is 14.5. The molecule has 7 nitrogen and oxygen atoms in total. The number of morpholine rings is 1. The lowest BCUT2D eigenvalue weighted by molar-refractivity contribution is 0.0730. The summed E-state index contributed by atoms with van der Waals surface area (Å²) in [6.45, 7) is 5.43. The maximum atomic E-state index is 13.9. The summed E-state index contributed by atoms with van der Waals surface area (Å²) in [7, 11) is -3.54. The lowest BCUT2D eigenvalue weighted by atomic mass is 10.2. The number of aromatic nitrogens is 1. The largest absolute Gasteiger partial charge is 0.379 e. The maximum absolute atomic E-state index is 13.9. The zero-order valence-corrected chi connectivity index (χ0v) is 17.7. The Kier molecular flexibility index (Phi) is 6.62. The van der Waals surface area contributed by atoms with Crippen LogP contribution in [0.2, 0.25) is 0 Å². The molecule has 0 aliphatic carbocycles. The fourth-order valence-corrected chi connectivity index (χ4v) is 5.23. The van der Waals surface area contributed by atoms with E-state index in [0.717, 1.165) is 38.4 Å². The number of anilines is 1. The van der Waals surface area contributed by atoms with Crippen molar-refractivity contribution in [3.05, 3.63) is 54.0 Å². The number of pyridine rings is 1. The second kappa shape index (κ2) is 9.38. The minimum Gasteiger partial charge on any atom is -0.379 e. The van der Waals surface area contributed by atoms with Crippen molar-refractivity contribution in [3.8, 4) is 0 Å². The Bertz CT molecular complexity index is 949. The molecule has 9 heteroatoms. The Balaban J connectivity index is 1.39. The predicted octanol–water partition coefficient (Wildman–Crippen LogP) is 1.95. The van der Waals surface area contributed by atoms with E-state index < -0.39 is 10.0 Å². The number of hydrogen-bond donors (Lipinski definition) is 0. The first kappa shape index (κ1) is 21.2. The Hall–Kier alpha value is -2.07. The van der Waals surface area contributed by atoms with Crippen LogP contribution in [0.15, 0.2) is 47.5 Å². The average molecular weight is 435 g/mol. The molecule has 0 radical (unpaired) electrons. The van der Waals surface area contributed by atoms with Crippen molar-refractivity contribution in [2.24, 2.45) is 0 Å². The molecule has 3 heterocycles. The van der Waals surface area contributed by atoms with E-state index in [0.29, 0.717) is 38.4 Å². The van der Waals surface area contributed by atoms with Crippen molar-refractivity contribution < 1.29 is 17.5 Å². The topological polar surface area (TPSA) is 66.0 Å². The normalized spacial score (nSPS) is 19.6. The lowest BCUT2D eigenvalue weighted by Gasteiger charge is -2.26. The first-order valence-electron chi connectivity index (χ1n) is 10.3. The van der Waals surface area contributed by atoms with Crippen LogP contribution in [-0.2, 0) is 21.3 Å².